The van der Waals surface area contributed by atoms with Crippen LogP contribution in [-0.4, -0.2) is 230 Å². The van der Waals surface area contributed by atoms with Crippen molar-refractivity contribution >= 4 is 82.9 Å². The summed E-state index contributed by atoms with van der Waals surface area (Å²) < 4.78 is 0. The number of carboxylic acids is 2. The largest absolute Gasteiger partial charge is 0.508 e. The maximum atomic E-state index is 14.7. The molecular formula is C60H96N16O17. The fourth-order valence-corrected chi connectivity index (χ4v) is 11.2. The van der Waals surface area contributed by atoms with Crippen molar-refractivity contribution in [3.63, 3.8) is 0 Å². The minimum Gasteiger partial charge on any atom is -0.508 e. The van der Waals surface area contributed by atoms with E-state index in [4.69, 9.17) is 22.9 Å². The molecule has 0 spiro atoms. The maximum absolute atomic E-state index is 14.7. The minimum atomic E-state index is -1.74. The third kappa shape index (κ3) is 23.1. The number of carboxylic acid groups (broad SMARTS) is 2. The molecule has 11 amide bonds. The zero-order valence-electron chi connectivity index (χ0n) is 53.6. The highest BCUT2D eigenvalue weighted by Crippen LogP contribution is 2.30. The number of unbranched alkanes of at least 4 members (excludes halogenated alkanes) is 1. The summed E-state index contributed by atoms with van der Waals surface area (Å²) in [5.74, 6) is -12.7. The molecule has 3 aliphatic heterocycles. The lowest BCUT2D eigenvalue weighted by Gasteiger charge is -2.35. The van der Waals surface area contributed by atoms with Crippen molar-refractivity contribution in [1.82, 2.24) is 57.2 Å². The smallest absolute Gasteiger partial charge is 0.325 e. The summed E-state index contributed by atoms with van der Waals surface area (Å²) >= 11 is 0. The van der Waals surface area contributed by atoms with E-state index in [9.17, 15) is 82.8 Å². The summed E-state index contributed by atoms with van der Waals surface area (Å²) in [5.41, 5.74) is 22.6. The van der Waals surface area contributed by atoms with Crippen molar-refractivity contribution in [1.29, 1.82) is 0 Å². The maximum Gasteiger partial charge on any atom is 0.325 e. The Balaban J connectivity index is 1.50. The number of rotatable bonds is 37. The number of likely N-dealkylation sites (tertiary alicyclic amines) is 3. The number of hydrogen-bond donors (Lipinski definition) is 16. The number of aromatic hydroxyl groups is 1. The first kappa shape index (κ1) is 76.7. The summed E-state index contributed by atoms with van der Waals surface area (Å²) in [5, 5.41) is 59.5. The Hall–Kier alpha value is -8.72. The number of carbonyl (C=O) groups is 13. The van der Waals surface area contributed by atoms with Crippen molar-refractivity contribution in [2.24, 2.45) is 39.8 Å². The van der Waals surface area contributed by atoms with Crippen molar-refractivity contribution in [3.05, 3.63) is 29.8 Å². The van der Waals surface area contributed by atoms with Crippen LogP contribution in [0.5, 0.6) is 5.75 Å². The molecule has 0 bridgehead atoms. The van der Waals surface area contributed by atoms with Gasteiger partial charge in [0.2, 0.25) is 65.0 Å². The molecule has 1 aromatic rings. The van der Waals surface area contributed by atoms with Crippen LogP contribution in [0.2, 0.25) is 0 Å². The number of nitrogens with two attached hydrogens (primary N) is 4. The average molecular weight is 1310 g/mol. The molecule has 1 aromatic carbocycles. The van der Waals surface area contributed by atoms with E-state index in [0.717, 1.165) is 0 Å². The molecule has 12 atom stereocenters. The topological polar surface area (TPSA) is 525 Å². The molecule has 3 saturated heterocycles. The Kier molecular flexibility index (Phi) is 31.1. The number of aliphatic carboxylic acids is 2. The third-order valence-electron chi connectivity index (χ3n) is 16.7. The number of aliphatic hydroxyl groups is 1. The Labute approximate surface area is 539 Å². The minimum absolute atomic E-state index is 0.0437. The summed E-state index contributed by atoms with van der Waals surface area (Å²) in [6.07, 6.45) is 1.92. The standard InChI is InChI=1S/C60H96N16O17/c1-6-33(4)48(55(88)70-40(52(85)66-34(5)59(92)93)29-35-18-20-36(78)21-19-35)73-51(84)38(14-9-25-65-60(63)64)69-54(87)42-15-10-26-74(42)56(89)43-16-11-27-75(43)57(90)44-17-12-28-76(44)58(91)47(32(2)3)72-53(86)41(31-77)71-50(83)39(22-23-46(80)81)68-49(82)37(13-7-8-24-61)67-45(79)30-62/h18-21,32-34,37-44,47-48,77-78H,6-17,22-31,61-62H2,1-5H3,(H,66,85)(H,67,79)(H,68,82)(H,69,87)(H,70,88)(H,71,83)(H,72,86)(H,73,84)(H,80,81)(H,92,93)(H4,63,64,65)/t33-,34-,37-,38-,39-,40-,41-,42-,43-,44-,47-,48-/m0/s1. The molecule has 93 heavy (non-hydrogen) atoms. The lowest BCUT2D eigenvalue weighted by Crippen LogP contribution is -2.61. The second-order valence-corrected chi connectivity index (χ2v) is 24.0. The van der Waals surface area contributed by atoms with Gasteiger partial charge in [-0.3, -0.25) is 67.3 Å². The SMILES string of the molecule is CC[C@H](C)[C@H](NC(=O)[C@H](CCCN=C(N)N)NC(=O)[C@@H]1CCCN1C(=O)[C@@H]1CCCN1C(=O)[C@@H]1CCCN1C(=O)[C@@H](NC(=O)[C@H](CO)NC(=O)[C@H](CCC(=O)O)NC(=O)[C@H](CCCCN)NC(=O)CN)C(C)C)C(=O)N[C@@H](Cc1ccc(O)cc1)C(=O)N[C@@H](C)C(=O)O. The van der Waals surface area contributed by atoms with Gasteiger partial charge in [-0.15, -0.1) is 0 Å². The lowest BCUT2D eigenvalue weighted by molar-refractivity contribution is -0.151. The molecule has 0 aliphatic carbocycles. The Bertz CT molecular complexity index is 2820. The third-order valence-corrected chi connectivity index (χ3v) is 16.7. The van der Waals surface area contributed by atoms with Gasteiger partial charge in [0.05, 0.1) is 13.2 Å². The van der Waals surface area contributed by atoms with Crippen LogP contribution in [0.25, 0.3) is 0 Å². The van der Waals surface area contributed by atoms with Gasteiger partial charge in [0.1, 0.15) is 72.2 Å². The van der Waals surface area contributed by atoms with Gasteiger partial charge >= 0.3 is 11.9 Å². The number of benzene rings is 1. The summed E-state index contributed by atoms with van der Waals surface area (Å²) in [6, 6.07) is -8.65. The van der Waals surface area contributed by atoms with Crippen LogP contribution >= 0.6 is 0 Å². The number of hydrogen-bond acceptors (Lipinski definition) is 18. The van der Waals surface area contributed by atoms with Crippen molar-refractivity contribution in [3.8, 4) is 5.75 Å². The number of nitrogens with zero attached hydrogens (tertiary/aromatic N) is 4. The first-order valence-electron chi connectivity index (χ1n) is 31.7. The van der Waals surface area contributed by atoms with Crippen molar-refractivity contribution in [2.45, 2.75) is 197 Å². The van der Waals surface area contributed by atoms with Crippen LogP contribution in [-0.2, 0) is 68.7 Å². The highest BCUT2D eigenvalue weighted by molar-refractivity contribution is 6.00. The fourth-order valence-electron chi connectivity index (χ4n) is 11.2. The molecule has 0 radical (unpaired) electrons. The van der Waals surface area contributed by atoms with E-state index >= 15 is 0 Å². The van der Waals surface area contributed by atoms with Gasteiger partial charge < -0.3 is 101 Å². The van der Waals surface area contributed by atoms with Crippen LogP contribution in [0.1, 0.15) is 130 Å². The second kappa shape index (κ2) is 37.7. The highest BCUT2D eigenvalue weighted by atomic mass is 16.4. The fraction of sp³-hybridized carbons (Fsp3) is 0.667. The highest BCUT2D eigenvalue weighted by Gasteiger charge is 2.47. The second-order valence-electron chi connectivity index (χ2n) is 24.0. The van der Waals surface area contributed by atoms with Crippen LogP contribution in [0.4, 0.5) is 0 Å². The zero-order valence-corrected chi connectivity index (χ0v) is 53.6. The number of amides is 11. The van der Waals surface area contributed by atoms with Gasteiger partial charge in [-0.05, 0) is 120 Å². The zero-order chi connectivity index (χ0) is 69.2. The number of aliphatic hydroxyl groups excluding tert-OH is 1. The van der Waals surface area contributed by atoms with E-state index in [-0.39, 0.29) is 89.4 Å². The van der Waals surface area contributed by atoms with Gasteiger partial charge in [-0.25, -0.2) is 0 Å². The van der Waals surface area contributed by atoms with E-state index in [1.54, 1.807) is 27.7 Å². The number of guanidine groups is 1. The first-order valence-corrected chi connectivity index (χ1v) is 31.7. The van der Waals surface area contributed by atoms with E-state index in [2.05, 4.69) is 47.5 Å². The van der Waals surface area contributed by atoms with Crippen molar-refractivity contribution in [2.75, 3.05) is 45.9 Å². The Morgan fingerprint density at radius 2 is 1.08 bits per heavy atom. The quantitative estimate of drug-likeness (QED) is 0.0170. The molecular weight excluding hydrogens is 1220 g/mol. The molecule has 33 heteroatoms. The molecule has 33 nitrogen and oxygen atoms in total. The van der Waals surface area contributed by atoms with E-state index in [0.29, 0.717) is 44.1 Å². The predicted molar refractivity (Wildman–Crippen MR) is 335 cm³/mol. The number of phenolic OH excluding ortho intramolecular Hbond substituents is 1. The Morgan fingerprint density at radius 3 is 1.62 bits per heavy atom. The number of phenols is 1. The number of carbonyl (C=O) groups excluding carboxylic acids is 11. The number of aliphatic imine (C=N–C) groups is 1. The normalized spacial score (nSPS) is 19.0. The van der Waals surface area contributed by atoms with E-state index in [1.807, 2.05) is 0 Å². The van der Waals surface area contributed by atoms with Gasteiger partial charge in [-0.2, -0.15) is 0 Å². The lowest BCUT2D eigenvalue weighted by atomic mass is 9.96. The van der Waals surface area contributed by atoms with Gasteiger partial charge in [-0.1, -0.05) is 46.2 Å². The molecule has 518 valence electrons. The number of nitrogens with one attached hydrogen (secondary N) is 8. The van der Waals surface area contributed by atoms with E-state index < -0.39 is 181 Å². The molecule has 3 heterocycles. The van der Waals surface area contributed by atoms with Crippen LogP contribution in [0.3, 0.4) is 0 Å². The van der Waals surface area contributed by atoms with Gasteiger partial charge in [0.25, 0.3) is 0 Å². The van der Waals surface area contributed by atoms with Crippen LogP contribution in [0.15, 0.2) is 29.3 Å². The Morgan fingerprint density at radius 1 is 0.581 bits per heavy atom. The monoisotopic (exact) mass is 1310 g/mol. The summed E-state index contributed by atoms with van der Waals surface area (Å²) in [6.45, 7) is 7.10. The van der Waals surface area contributed by atoms with Crippen LogP contribution < -0.4 is 65.5 Å². The molecule has 0 aromatic heterocycles. The van der Waals surface area contributed by atoms with E-state index in [1.165, 1.54) is 45.9 Å². The van der Waals surface area contributed by atoms with Crippen LogP contribution in [0, 0.1) is 11.8 Å². The summed E-state index contributed by atoms with van der Waals surface area (Å²) in [7, 11) is 0. The van der Waals surface area contributed by atoms with Gasteiger partial charge in [0.15, 0.2) is 5.96 Å². The van der Waals surface area contributed by atoms with Crippen molar-refractivity contribution < 1.29 is 82.8 Å². The molecule has 20 N–H and O–H groups in total. The molecule has 0 saturated carbocycles. The molecule has 3 fully saturated rings. The molecule has 4 rings (SSSR count). The average Bonchev–Trinajstić information content (AvgIpc) is 1.68. The molecule has 0 unspecified atom stereocenters. The predicted octanol–water partition coefficient (Wildman–Crippen LogP) is -4.41. The first-order chi connectivity index (χ1) is 44.1. The van der Waals surface area contributed by atoms with Gasteiger partial charge in [0, 0.05) is 39.0 Å². The summed E-state index contributed by atoms with van der Waals surface area (Å²) in [4.78, 5) is 185. The molecule has 3 aliphatic rings.